The topological polar surface area (TPSA) is 87.8 Å². The maximum absolute atomic E-state index is 13.1. The van der Waals surface area contributed by atoms with Gasteiger partial charge in [0, 0.05) is 37.4 Å². The molecule has 1 aliphatic heterocycles. The van der Waals surface area contributed by atoms with Gasteiger partial charge in [-0.3, -0.25) is 14.4 Å². The third-order valence-electron chi connectivity index (χ3n) is 5.65. The van der Waals surface area contributed by atoms with Crippen LogP contribution >= 0.6 is 0 Å². The Kier molecular flexibility index (Phi) is 4.34. The van der Waals surface area contributed by atoms with Crippen LogP contribution in [0.3, 0.4) is 0 Å². The number of furan rings is 1. The quantitative estimate of drug-likeness (QED) is 0.901. The van der Waals surface area contributed by atoms with Crippen molar-refractivity contribution in [3.05, 3.63) is 58.5 Å². The molecular formula is C21H21NO5. The van der Waals surface area contributed by atoms with Gasteiger partial charge in [0.05, 0.1) is 11.5 Å². The zero-order valence-electron chi connectivity index (χ0n) is 15.1. The van der Waals surface area contributed by atoms with Gasteiger partial charge in [-0.25, -0.2) is 0 Å². The fourth-order valence-corrected chi connectivity index (χ4v) is 4.25. The molecule has 1 fully saturated rings. The minimum Gasteiger partial charge on any atom is -0.481 e. The van der Waals surface area contributed by atoms with Gasteiger partial charge in [-0.1, -0.05) is 30.3 Å². The van der Waals surface area contributed by atoms with Crippen molar-refractivity contribution in [3.8, 4) is 0 Å². The van der Waals surface area contributed by atoms with E-state index in [0.29, 0.717) is 36.3 Å². The number of carboxylic acids is 1. The van der Waals surface area contributed by atoms with E-state index in [2.05, 4.69) is 0 Å². The van der Waals surface area contributed by atoms with Crippen LogP contribution in [0.25, 0.3) is 0 Å². The van der Waals surface area contributed by atoms with Gasteiger partial charge in [0.1, 0.15) is 5.76 Å². The normalized spacial score (nSPS) is 22.0. The molecule has 2 unspecified atom stereocenters. The molecule has 2 heterocycles. The number of carboxylic acid groups (broad SMARTS) is 1. The van der Waals surface area contributed by atoms with Crippen LogP contribution in [0.1, 0.15) is 56.6 Å². The Morgan fingerprint density at radius 3 is 2.56 bits per heavy atom. The van der Waals surface area contributed by atoms with Crippen LogP contribution in [0.15, 0.2) is 34.7 Å². The molecule has 1 aliphatic carbocycles. The first-order valence-corrected chi connectivity index (χ1v) is 9.20. The molecule has 0 bridgehead atoms. The molecule has 2 aliphatic rings. The van der Waals surface area contributed by atoms with Crippen molar-refractivity contribution >= 4 is 17.7 Å². The Balaban J connectivity index is 1.64. The van der Waals surface area contributed by atoms with Crippen molar-refractivity contribution in [3.63, 3.8) is 0 Å². The standard InChI is InChI=1S/C21H21NO5/c1-12-18-16(23)8-5-9-17(18)27-19(12)20(24)22-10-14(15(11-22)21(25)26)13-6-3-2-4-7-13/h2-4,6-7,14-15H,5,8-11H2,1H3,(H,25,26). The number of carbonyl (C=O) groups is 3. The lowest BCUT2D eigenvalue weighted by molar-refractivity contribution is -0.141. The second-order valence-corrected chi connectivity index (χ2v) is 7.30. The maximum Gasteiger partial charge on any atom is 0.308 e. The van der Waals surface area contributed by atoms with Crippen molar-refractivity contribution in [1.82, 2.24) is 4.90 Å². The van der Waals surface area contributed by atoms with Gasteiger partial charge in [-0.2, -0.15) is 0 Å². The number of amides is 1. The molecule has 6 nitrogen and oxygen atoms in total. The van der Waals surface area contributed by atoms with E-state index < -0.39 is 11.9 Å². The highest BCUT2D eigenvalue weighted by Crippen LogP contribution is 2.35. The molecule has 2 aromatic rings. The summed E-state index contributed by atoms with van der Waals surface area (Å²) in [6, 6.07) is 9.41. The van der Waals surface area contributed by atoms with Crippen molar-refractivity contribution < 1.29 is 23.9 Å². The monoisotopic (exact) mass is 367 g/mol. The number of Topliss-reactive ketones (excluding diaryl/α,β-unsaturated/α-hetero) is 1. The van der Waals surface area contributed by atoms with Crippen LogP contribution in [0.5, 0.6) is 0 Å². The molecule has 1 N–H and O–H groups in total. The summed E-state index contributed by atoms with van der Waals surface area (Å²) in [5.74, 6) is -1.40. The highest BCUT2D eigenvalue weighted by atomic mass is 16.4. The molecule has 6 heteroatoms. The van der Waals surface area contributed by atoms with Gasteiger partial charge in [0.25, 0.3) is 5.91 Å². The largest absolute Gasteiger partial charge is 0.481 e. The second kappa shape index (κ2) is 6.68. The fourth-order valence-electron chi connectivity index (χ4n) is 4.25. The lowest BCUT2D eigenvalue weighted by Gasteiger charge is -2.15. The smallest absolute Gasteiger partial charge is 0.308 e. The van der Waals surface area contributed by atoms with Crippen LogP contribution in [0, 0.1) is 12.8 Å². The average molecular weight is 367 g/mol. The van der Waals surface area contributed by atoms with Gasteiger partial charge in [-0.15, -0.1) is 0 Å². The molecule has 4 rings (SSSR count). The molecule has 0 radical (unpaired) electrons. The van der Waals surface area contributed by atoms with Gasteiger partial charge in [-0.05, 0) is 18.9 Å². The molecular weight excluding hydrogens is 346 g/mol. The SMILES string of the molecule is Cc1c(C(=O)N2CC(C(=O)O)C(c3ccccc3)C2)oc2c1C(=O)CCC2. The Bertz CT molecular complexity index is 914. The van der Waals surface area contributed by atoms with Crippen LogP contribution < -0.4 is 0 Å². The van der Waals surface area contributed by atoms with Gasteiger partial charge >= 0.3 is 5.97 Å². The van der Waals surface area contributed by atoms with E-state index in [1.54, 1.807) is 6.92 Å². The zero-order valence-corrected chi connectivity index (χ0v) is 15.1. The van der Waals surface area contributed by atoms with Crippen LogP contribution in [0.4, 0.5) is 0 Å². The number of likely N-dealkylation sites (tertiary alicyclic amines) is 1. The molecule has 1 amide bonds. The van der Waals surface area contributed by atoms with Crippen molar-refractivity contribution in [2.45, 2.75) is 32.1 Å². The number of aliphatic carboxylic acids is 1. The molecule has 1 aromatic carbocycles. The van der Waals surface area contributed by atoms with Gasteiger partial charge in [0.2, 0.25) is 0 Å². The van der Waals surface area contributed by atoms with E-state index in [9.17, 15) is 19.5 Å². The highest BCUT2D eigenvalue weighted by molar-refractivity contribution is 6.03. The van der Waals surface area contributed by atoms with Crippen LogP contribution in [0.2, 0.25) is 0 Å². The Morgan fingerprint density at radius 2 is 1.89 bits per heavy atom. The fraction of sp³-hybridized carbons (Fsp3) is 0.381. The number of benzene rings is 1. The molecule has 2 atom stereocenters. The van der Waals surface area contributed by atoms with Crippen LogP contribution in [-0.4, -0.2) is 40.8 Å². The molecule has 1 aromatic heterocycles. The van der Waals surface area contributed by atoms with E-state index in [1.165, 1.54) is 4.90 Å². The maximum atomic E-state index is 13.1. The summed E-state index contributed by atoms with van der Waals surface area (Å²) in [5.41, 5.74) is 2.03. The number of fused-ring (bicyclic) bond motifs is 1. The first-order valence-electron chi connectivity index (χ1n) is 9.20. The van der Waals surface area contributed by atoms with Crippen molar-refractivity contribution in [2.75, 3.05) is 13.1 Å². The lowest BCUT2D eigenvalue weighted by Crippen LogP contribution is -2.30. The van der Waals surface area contributed by atoms with E-state index in [1.807, 2.05) is 30.3 Å². The summed E-state index contributed by atoms with van der Waals surface area (Å²) in [4.78, 5) is 38.5. The number of aryl methyl sites for hydroxylation is 1. The van der Waals surface area contributed by atoms with E-state index >= 15 is 0 Å². The number of hydrogen-bond acceptors (Lipinski definition) is 4. The third kappa shape index (κ3) is 2.95. The minimum atomic E-state index is -0.912. The molecule has 0 saturated carbocycles. The second-order valence-electron chi connectivity index (χ2n) is 7.30. The van der Waals surface area contributed by atoms with Gasteiger partial charge < -0.3 is 14.4 Å². The Hall–Kier alpha value is -2.89. The van der Waals surface area contributed by atoms with Crippen LogP contribution in [-0.2, 0) is 11.2 Å². The predicted octanol–water partition coefficient (Wildman–Crippen LogP) is 3.05. The van der Waals surface area contributed by atoms with Crippen molar-refractivity contribution in [2.24, 2.45) is 5.92 Å². The summed E-state index contributed by atoms with van der Waals surface area (Å²) < 4.78 is 5.76. The summed E-state index contributed by atoms with van der Waals surface area (Å²) in [6.07, 6.45) is 1.86. The predicted molar refractivity (Wildman–Crippen MR) is 96.9 cm³/mol. The van der Waals surface area contributed by atoms with E-state index in [0.717, 1.165) is 12.0 Å². The average Bonchev–Trinajstić information content (AvgIpc) is 3.25. The Morgan fingerprint density at radius 1 is 1.15 bits per heavy atom. The minimum absolute atomic E-state index is 0.0172. The number of rotatable bonds is 3. The summed E-state index contributed by atoms with van der Waals surface area (Å²) in [6.45, 7) is 2.18. The summed E-state index contributed by atoms with van der Waals surface area (Å²) >= 11 is 0. The molecule has 27 heavy (non-hydrogen) atoms. The van der Waals surface area contributed by atoms with Gasteiger partial charge in [0.15, 0.2) is 11.5 Å². The number of carbonyl (C=O) groups excluding carboxylic acids is 2. The first kappa shape index (κ1) is 17.5. The summed E-state index contributed by atoms with van der Waals surface area (Å²) in [5, 5.41) is 9.63. The Labute approximate surface area is 156 Å². The highest BCUT2D eigenvalue weighted by Gasteiger charge is 2.42. The zero-order chi connectivity index (χ0) is 19.1. The lowest BCUT2D eigenvalue weighted by atomic mass is 9.89. The number of nitrogens with zero attached hydrogens (tertiary/aromatic N) is 1. The van der Waals surface area contributed by atoms with E-state index in [-0.39, 0.29) is 29.9 Å². The first-order chi connectivity index (χ1) is 13.0. The molecule has 1 saturated heterocycles. The molecule has 140 valence electrons. The number of ketones is 1. The molecule has 0 spiro atoms. The van der Waals surface area contributed by atoms with E-state index in [4.69, 9.17) is 4.42 Å². The third-order valence-corrected chi connectivity index (χ3v) is 5.65. The van der Waals surface area contributed by atoms with Crippen molar-refractivity contribution in [1.29, 1.82) is 0 Å². The summed E-state index contributed by atoms with van der Waals surface area (Å²) in [7, 11) is 0. The number of hydrogen-bond donors (Lipinski definition) is 1.